The summed E-state index contributed by atoms with van der Waals surface area (Å²) in [5.74, 6) is 0.391. The van der Waals surface area contributed by atoms with Crippen LogP contribution in [-0.2, 0) is 9.53 Å². The Kier molecular flexibility index (Phi) is 9.59. The van der Waals surface area contributed by atoms with Crippen molar-refractivity contribution in [1.82, 2.24) is 14.5 Å². The lowest BCUT2D eigenvalue weighted by molar-refractivity contribution is -0.139. The number of allylic oxidation sites excluding steroid dienone is 1. The zero-order valence-electron chi connectivity index (χ0n) is 23.5. The number of hydrogen-bond acceptors (Lipinski definition) is 10. The second-order valence-electron chi connectivity index (χ2n) is 9.38. The Bertz CT molecular complexity index is 1990. The number of ether oxygens (including phenoxy) is 2. The number of thiazole rings is 1. The first-order chi connectivity index (χ1) is 20.6. The number of furan rings is 1. The van der Waals surface area contributed by atoms with Crippen molar-refractivity contribution in [3.05, 3.63) is 97.6 Å². The molecule has 0 fully saturated rings. The molecule has 3 aromatic heterocycles. The van der Waals surface area contributed by atoms with Crippen LogP contribution in [0.2, 0.25) is 0 Å². The van der Waals surface area contributed by atoms with E-state index in [2.05, 4.69) is 41.8 Å². The number of nitrogens with one attached hydrogen (secondary N) is 1. The Hall–Kier alpha value is -3.20. The third-order valence-corrected chi connectivity index (χ3v) is 9.57. The van der Waals surface area contributed by atoms with Crippen molar-refractivity contribution in [2.24, 2.45) is 4.99 Å². The van der Waals surface area contributed by atoms with Crippen LogP contribution in [-0.4, -0.2) is 34.2 Å². The largest absolute Gasteiger partial charge is 0.496 e. The highest BCUT2D eigenvalue weighted by atomic mass is 79.9. The van der Waals surface area contributed by atoms with E-state index < -0.39 is 12.0 Å². The normalized spacial score (nSPS) is 14.9. The summed E-state index contributed by atoms with van der Waals surface area (Å²) in [5.41, 5.74) is 1.46. The van der Waals surface area contributed by atoms with Crippen LogP contribution >= 0.6 is 55.0 Å². The third kappa shape index (κ3) is 6.52. The van der Waals surface area contributed by atoms with E-state index in [9.17, 15) is 14.4 Å². The van der Waals surface area contributed by atoms with Gasteiger partial charge in [0.05, 0.1) is 34.0 Å². The fourth-order valence-corrected chi connectivity index (χ4v) is 7.40. The Labute approximate surface area is 270 Å². The highest BCUT2D eigenvalue weighted by Crippen LogP contribution is 2.38. The molecule has 0 radical (unpaired) electrons. The molecule has 1 N–H and O–H groups in total. The molecule has 0 unspecified atom stereocenters. The maximum atomic E-state index is 14.1. The number of nitrogens with zero attached hydrogens (tertiary/aromatic N) is 3. The first-order valence-corrected chi connectivity index (χ1v) is 16.5. The van der Waals surface area contributed by atoms with Crippen molar-refractivity contribution in [3.63, 3.8) is 0 Å². The summed E-state index contributed by atoms with van der Waals surface area (Å²) < 4.78 is 20.4. The molecule has 1 aliphatic rings. The van der Waals surface area contributed by atoms with Crippen molar-refractivity contribution in [2.45, 2.75) is 49.9 Å². The van der Waals surface area contributed by atoms with E-state index in [1.165, 1.54) is 22.0 Å². The molecule has 224 valence electrons. The second kappa shape index (κ2) is 13.2. The smallest absolute Gasteiger partial charge is 0.338 e. The van der Waals surface area contributed by atoms with Gasteiger partial charge < -0.3 is 18.9 Å². The van der Waals surface area contributed by atoms with Gasteiger partial charge in [-0.1, -0.05) is 40.6 Å². The number of fused-ring (bicyclic) bond motifs is 1. The van der Waals surface area contributed by atoms with Gasteiger partial charge in [-0.2, -0.15) is 0 Å². The lowest BCUT2D eigenvalue weighted by Crippen LogP contribution is -2.40. The van der Waals surface area contributed by atoms with Gasteiger partial charge in [0.25, 0.3) is 11.1 Å². The number of rotatable bonds is 9. The second-order valence-corrected chi connectivity index (χ2v) is 13.1. The molecule has 1 aliphatic heterocycles. The maximum absolute atomic E-state index is 14.1. The zero-order valence-corrected chi connectivity index (χ0v) is 28.3. The number of aryl methyl sites for hydroxylation is 1. The van der Waals surface area contributed by atoms with Crippen LogP contribution in [0, 0.1) is 6.92 Å². The average Bonchev–Trinajstić information content (AvgIpc) is 3.45. The number of aromatic nitrogens is 3. The van der Waals surface area contributed by atoms with Crippen LogP contribution in [0.1, 0.15) is 49.7 Å². The van der Waals surface area contributed by atoms with E-state index in [4.69, 9.17) is 18.9 Å². The van der Waals surface area contributed by atoms with Crippen LogP contribution in [0.25, 0.3) is 6.08 Å². The summed E-state index contributed by atoms with van der Waals surface area (Å²) in [6.07, 6.45) is 2.89. The fourth-order valence-electron chi connectivity index (χ4n) is 4.66. The highest BCUT2D eigenvalue weighted by Gasteiger charge is 2.36. The summed E-state index contributed by atoms with van der Waals surface area (Å²) in [6.45, 7) is 5.65. The van der Waals surface area contributed by atoms with Crippen LogP contribution in [0.3, 0.4) is 0 Å². The van der Waals surface area contributed by atoms with Gasteiger partial charge in [-0.15, -0.1) is 0 Å². The van der Waals surface area contributed by atoms with Gasteiger partial charge in [0.1, 0.15) is 17.6 Å². The van der Waals surface area contributed by atoms with Crippen LogP contribution in [0.5, 0.6) is 5.75 Å². The number of carbonyl (C=O) groups excluding carboxylic acids is 1. The first kappa shape index (κ1) is 31.2. The predicted molar refractivity (Wildman–Crippen MR) is 170 cm³/mol. The van der Waals surface area contributed by atoms with Gasteiger partial charge in [0, 0.05) is 27.9 Å². The van der Waals surface area contributed by atoms with Crippen molar-refractivity contribution in [2.75, 3.05) is 13.7 Å². The number of hydrogen-bond donors (Lipinski definition) is 1. The van der Waals surface area contributed by atoms with Crippen LogP contribution in [0.15, 0.2) is 79.8 Å². The Balaban J connectivity index is 1.68. The van der Waals surface area contributed by atoms with Crippen LogP contribution < -0.4 is 25.2 Å². The molecule has 43 heavy (non-hydrogen) atoms. The highest BCUT2D eigenvalue weighted by molar-refractivity contribution is 9.10. The number of benzene rings is 1. The standard InChI is InChI=1S/C29H26Br2N4O6S2/c1-5-7-19-23(26(38)40-6-2)24(17-11-15(30)8-9-20(17)39-4)35-25(37)21(42-29(35)33-19)13-16-12-18(31)27(41-16)43-28-32-14(3)10-22(36)34-28/h8-13,24H,5-7H2,1-4H3,(H,32,34,36)/b21-13-/t24-/m1/s1. The summed E-state index contributed by atoms with van der Waals surface area (Å²) in [4.78, 5) is 51.6. The van der Waals surface area contributed by atoms with Crippen molar-refractivity contribution in [3.8, 4) is 5.75 Å². The number of esters is 1. The molecule has 14 heteroatoms. The zero-order chi connectivity index (χ0) is 30.8. The molecule has 0 bridgehead atoms. The molecule has 1 aromatic carbocycles. The minimum absolute atomic E-state index is 0.175. The maximum Gasteiger partial charge on any atom is 0.338 e. The predicted octanol–water partition coefficient (Wildman–Crippen LogP) is 5.25. The number of aromatic amines is 1. The van der Waals surface area contributed by atoms with Crippen molar-refractivity contribution >= 4 is 67.0 Å². The molecule has 0 saturated heterocycles. The first-order valence-electron chi connectivity index (χ1n) is 13.2. The molecule has 0 aliphatic carbocycles. The number of carbonyl (C=O) groups is 1. The molecule has 4 heterocycles. The minimum atomic E-state index is -0.829. The van der Waals surface area contributed by atoms with Crippen molar-refractivity contribution < 1.29 is 18.7 Å². The summed E-state index contributed by atoms with van der Waals surface area (Å²) in [7, 11) is 1.55. The summed E-state index contributed by atoms with van der Waals surface area (Å²) >= 11 is 9.37. The lowest BCUT2D eigenvalue weighted by Gasteiger charge is -2.27. The van der Waals surface area contributed by atoms with Gasteiger partial charge in [-0.25, -0.2) is 14.8 Å². The summed E-state index contributed by atoms with van der Waals surface area (Å²) in [5, 5.41) is 0.836. The Morgan fingerprint density at radius 1 is 1.23 bits per heavy atom. The topological polar surface area (TPSA) is 129 Å². The van der Waals surface area contributed by atoms with E-state index >= 15 is 0 Å². The van der Waals surface area contributed by atoms with Gasteiger partial charge in [-0.3, -0.25) is 14.2 Å². The third-order valence-electron chi connectivity index (χ3n) is 6.36. The number of methoxy groups -OCH3 is 1. The van der Waals surface area contributed by atoms with Gasteiger partial charge in [0.15, 0.2) is 15.1 Å². The van der Waals surface area contributed by atoms with Crippen LogP contribution in [0.4, 0.5) is 0 Å². The van der Waals surface area contributed by atoms with Crippen molar-refractivity contribution in [1.29, 1.82) is 0 Å². The van der Waals surface area contributed by atoms with Gasteiger partial charge >= 0.3 is 5.97 Å². The summed E-state index contributed by atoms with van der Waals surface area (Å²) in [6, 6.07) is 7.77. The van der Waals surface area contributed by atoms with Gasteiger partial charge in [-0.05, 0) is 72.2 Å². The monoisotopic (exact) mass is 748 g/mol. The molecule has 1 atom stereocenters. The Morgan fingerprint density at radius 2 is 2.02 bits per heavy atom. The Morgan fingerprint density at radius 3 is 2.72 bits per heavy atom. The van der Waals surface area contributed by atoms with E-state index in [0.717, 1.165) is 22.7 Å². The molecule has 0 spiro atoms. The van der Waals surface area contributed by atoms with Gasteiger partial charge in [0.2, 0.25) is 0 Å². The average molecular weight is 750 g/mol. The van der Waals surface area contributed by atoms with E-state index in [0.29, 0.717) is 64.5 Å². The molecule has 0 saturated carbocycles. The molecule has 0 amide bonds. The van der Waals surface area contributed by atoms with E-state index in [-0.39, 0.29) is 17.7 Å². The fraction of sp³-hybridized carbons (Fsp3) is 0.276. The molecule has 4 aromatic rings. The lowest BCUT2D eigenvalue weighted by atomic mass is 9.93. The van der Waals surface area contributed by atoms with E-state index in [1.807, 2.05) is 19.1 Å². The molecular weight excluding hydrogens is 724 g/mol. The van der Waals surface area contributed by atoms with E-state index in [1.54, 1.807) is 39.2 Å². The molecular formula is C29H26Br2N4O6S2. The number of H-pyrrole nitrogens is 1. The molecule has 5 rings (SSSR count). The molecule has 10 nitrogen and oxygen atoms in total. The quantitative estimate of drug-likeness (QED) is 0.182. The minimum Gasteiger partial charge on any atom is -0.496 e. The SMILES string of the molecule is CCCC1=C(C(=O)OCC)[C@@H](c2cc(Br)ccc2OC)n2c(s/c(=C\c3cc(Br)c(Sc4nc(C)cc(=O)[nH]4)o3)c2=O)=N1. The number of halogens is 2.